The summed E-state index contributed by atoms with van der Waals surface area (Å²) < 4.78 is 10.8. The lowest BCUT2D eigenvalue weighted by molar-refractivity contribution is 0.0948. The van der Waals surface area contributed by atoms with Crippen LogP contribution < -0.4 is 14.8 Å². The molecule has 0 aromatic heterocycles. The molecule has 0 spiro atoms. The van der Waals surface area contributed by atoms with Gasteiger partial charge in [0.2, 0.25) is 0 Å². The molecular weight excluding hydrogens is 302 g/mol. The maximum atomic E-state index is 12.1. The summed E-state index contributed by atoms with van der Waals surface area (Å²) in [5, 5.41) is 12.9. The minimum absolute atomic E-state index is 0.00633. The van der Waals surface area contributed by atoms with Crippen molar-refractivity contribution >= 4 is 18.4 Å². The van der Waals surface area contributed by atoms with Crippen molar-refractivity contribution in [1.82, 2.24) is 5.32 Å². The van der Waals surface area contributed by atoms with Gasteiger partial charge in [-0.1, -0.05) is 6.92 Å². The molecule has 0 bridgehead atoms. The average molecular weight is 327 g/mol. The monoisotopic (exact) mass is 327 g/mol. The fourth-order valence-corrected chi connectivity index (χ4v) is 2.00. The number of aliphatic hydroxyl groups is 1. The first-order chi connectivity index (χ1) is 10.5. The molecule has 124 valence electrons. The van der Waals surface area contributed by atoms with E-state index in [0.29, 0.717) is 30.0 Å². The highest BCUT2D eigenvalue weighted by molar-refractivity contribution is 7.80. The number of nitrogens with one attached hydrogen (secondary N) is 1. The lowest BCUT2D eigenvalue weighted by Crippen LogP contribution is -2.34. The molecule has 0 aliphatic heterocycles. The van der Waals surface area contributed by atoms with Crippen molar-refractivity contribution in [2.24, 2.45) is 0 Å². The van der Waals surface area contributed by atoms with Crippen LogP contribution in [0.15, 0.2) is 18.2 Å². The Bertz CT molecular complexity index is 479. The Labute approximate surface area is 137 Å². The van der Waals surface area contributed by atoms with Gasteiger partial charge < -0.3 is 19.9 Å². The zero-order valence-corrected chi connectivity index (χ0v) is 14.2. The van der Waals surface area contributed by atoms with E-state index in [1.165, 1.54) is 0 Å². The van der Waals surface area contributed by atoms with Gasteiger partial charge in [-0.25, -0.2) is 0 Å². The molecule has 1 aromatic carbocycles. The molecule has 0 heterocycles. The summed E-state index contributed by atoms with van der Waals surface area (Å²) in [4.78, 5) is 12.1. The number of hydrogen-bond acceptors (Lipinski definition) is 6. The standard InChI is InChI=1S/C16H25NO4S/c1-4-5-15(19)14-7-6-13(20-3)8-16(14)21-10-12(18)9-17-11(2)22/h6-8,11-12,17-18,22H,4-5,9-10H2,1-3H3. The number of ketones is 1. The smallest absolute Gasteiger partial charge is 0.166 e. The Kier molecular flexibility index (Phi) is 8.30. The van der Waals surface area contributed by atoms with Gasteiger partial charge >= 0.3 is 0 Å². The van der Waals surface area contributed by atoms with Gasteiger partial charge in [-0.05, 0) is 25.5 Å². The molecule has 0 amide bonds. The largest absolute Gasteiger partial charge is 0.497 e. The number of ether oxygens (including phenoxy) is 2. The Morgan fingerprint density at radius 2 is 2.18 bits per heavy atom. The number of aliphatic hydroxyl groups excluding tert-OH is 1. The second-order valence-corrected chi connectivity index (χ2v) is 5.86. The van der Waals surface area contributed by atoms with Gasteiger partial charge in [0.15, 0.2) is 5.78 Å². The molecule has 0 radical (unpaired) electrons. The second-order valence-electron chi connectivity index (χ2n) is 5.08. The topological polar surface area (TPSA) is 67.8 Å². The van der Waals surface area contributed by atoms with Crippen LogP contribution in [0.25, 0.3) is 0 Å². The lowest BCUT2D eigenvalue weighted by atomic mass is 10.1. The summed E-state index contributed by atoms with van der Waals surface area (Å²) in [5.74, 6) is 1.08. The molecule has 2 N–H and O–H groups in total. The highest BCUT2D eigenvalue weighted by Crippen LogP contribution is 2.26. The third-order valence-corrected chi connectivity index (χ3v) is 3.23. The van der Waals surface area contributed by atoms with Gasteiger partial charge in [0.05, 0.1) is 12.7 Å². The van der Waals surface area contributed by atoms with Crippen molar-refractivity contribution in [2.45, 2.75) is 38.2 Å². The van der Waals surface area contributed by atoms with Gasteiger partial charge in [-0.15, -0.1) is 0 Å². The predicted molar refractivity (Wildman–Crippen MR) is 90.2 cm³/mol. The number of carbonyl (C=O) groups excluding carboxylic acids is 1. The van der Waals surface area contributed by atoms with Gasteiger partial charge in [0.25, 0.3) is 0 Å². The average Bonchev–Trinajstić information content (AvgIpc) is 2.50. The zero-order chi connectivity index (χ0) is 16.5. The van der Waals surface area contributed by atoms with Crippen LogP contribution in [0.3, 0.4) is 0 Å². The van der Waals surface area contributed by atoms with E-state index in [2.05, 4.69) is 17.9 Å². The molecule has 0 saturated carbocycles. The van der Waals surface area contributed by atoms with Crippen molar-refractivity contribution in [3.63, 3.8) is 0 Å². The van der Waals surface area contributed by atoms with Crippen LogP contribution in [0, 0.1) is 0 Å². The van der Waals surface area contributed by atoms with Crippen molar-refractivity contribution in [3.05, 3.63) is 23.8 Å². The van der Waals surface area contributed by atoms with E-state index in [-0.39, 0.29) is 17.8 Å². The number of hydrogen-bond donors (Lipinski definition) is 3. The van der Waals surface area contributed by atoms with E-state index >= 15 is 0 Å². The van der Waals surface area contributed by atoms with Crippen molar-refractivity contribution in [1.29, 1.82) is 0 Å². The number of methoxy groups -OCH3 is 1. The van der Waals surface area contributed by atoms with E-state index in [4.69, 9.17) is 9.47 Å². The van der Waals surface area contributed by atoms with Gasteiger partial charge in [-0.2, -0.15) is 12.6 Å². The molecule has 1 rings (SSSR count). The molecule has 6 heteroatoms. The fourth-order valence-electron chi connectivity index (χ4n) is 1.89. The number of Topliss-reactive ketones (excluding diaryl/α,β-unsaturated/α-hetero) is 1. The van der Waals surface area contributed by atoms with Crippen molar-refractivity contribution in [2.75, 3.05) is 20.3 Å². The molecule has 0 aliphatic rings. The molecule has 0 saturated heterocycles. The minimum Gasteiger partial charge on any atom is -0.497 e. The van der Waals surface area contributed by atoms with Crippen LogP contribution in [0.2, 0.25) is 0 Å². The highest BCUT2D eigenvalue weighted by Gasteiger charge is 2.15. The van der Waals surface area contributed by atoms with E-state index in [1.807, 2.05) is 13.8 Å². The van der Waals surface area contributed by atoms with Crippen LogP contribution in [0.4, 0.5) is 0 Å². The van der Waals surface area contributed by atoms with Crippen LogP contribution in [0.5, 0.6) is 11.5 Å². The van der Waals surface area contributed by atoms with Crippen molar-refractivity contribution in [3.8, 4) is 11.5 Å². The van der Waals surface area contributed by atoms with Crippen LogP contribution in [-0.4, -0.2) is 42.6 Å². The lowest BCUT2D eigenvalue weighted by Gasteiger charge is -2.17. The normalized spacial score (nSPS) is 13.5. The van der Waals surface area contributed by atoms with E-state index < -0.39 is 6.10 Å². The SMILES string of the molecule is CCCC(=O)c1ccc(OC)cc1OCC(O)CNC(C)S. The van der Waals surface area contributed by atoms with Crippen LogP contribution >= 0.6 is 12.6 Å². The Balaban J connectivity index is 2.75. The van der Waals surface area contributed by atoms with Gasteiger partial charge in [0, 0.05) is 24.4 Å². The summed E-state index contributed by atoms with van der Waals surface area (Å²) >= 11 is 4.18. The molecule has 2 atom stereocenters. The summed E-state index contributed by atoms with van der Waals surface area (Å²) in [5.41, 5.74) is 0.519. The Hall–Kier alpha value is -1.24. The Morgan fingerprint density at radius 1 is 1.45 bits per heavy atom. The summed E-state index contributed by atoms with van der Waals surface area (Å²) in [6.45, 7) is 4.29. The van der Waals surface area contributed by atoms with Crippen LogP contribution in [0.1, 0.15) is 37.0 Å². The third kappa shape index (κ3) is 6.25. The first-order valence-electron chi connectivity index (χ1n) is 7.41. The first kappa shape index (κ1) is 18.8. The number of benzene rings is 1. The zero-order valence-electron chi connectivity index (χ0n) is 13.3. The predicted octanol–water partition coefficient (Wildman–Crippen LogP) is 2.28. The van der Waals surface area contributed by atoms with E-state index in [1.54, 1.807) is 25.3 Å². The number of rotatable bonds is 10. The molecule has 22 heavy (non-hydrogen) atoms. The van der Waals surface area contributed by atoms with Crippen LogP contribution in [-0.2, 0) is 0 Å². The summed E-state index contributed by atoms with van der Waals surface area (Å²) in [6.07, 6.45) is 0.552. The quantitative estimate of drug-likeness (QED) is 0.349. The fraction of sp³-hybridized carbons (Fsp3) is 0.562. The molecular formula is C16H25NO4S. The maximum absolute atomic E-state index is 12.1. The summed E-state index contributed by atoms with van der Waals surface area (Å²) in [6, 6.07) is 5.10. The minimum atomic E-state index is -0.685. The number of thiol groups is 1. The van der Waals surface area contributed by atoms with Gasteiger partial charge in [0.1, 0.15) is 24.2 Å². The van der Waals surface area contributed by atoms with Gasteiger partial charge in [-0.3, -0.25) is 4.79 Å². The van der Waals surface area contributed by atoms with E-state index in [0.717, 1.165) is 6.42 Å². The molecule has 0 fully saturated rings. The first-order valence-corrected chi connectivity index (χ1v) is 7.93. The Morgan fingerprint density at radius 3 is 2.77 bits per heavy atom. The van der Waals surface area contributed by atoms with E-state index in [9.17, 15) is 9.90 Å². The molecule has 0 aliphatic carbocycles. The maximum Gasteiger partial charge on any atom is 0.166 e. The molecule has 2 unspecified atom stereocenters. The molecule has 1 aromatic rings. The summed E-state index contributed by atoms with van der Waals surface area (Å²) in [7, 11) is 1.56. The second kappa shape index (κ2) is 9.71. The third-order valence-electron chi connectivity index (χ3n) is 3.05. The number of carbonyl (C=O) groups is 1. The van der Waals surface area contributed by atoms with Crippen molar-refractivity contribution < 1.29 is 19.4 Å². The highest BCUT2D eigenvalue weighted by atomic mass is 32.1. The molecule has 5 nitrogen and oxygen atoms in total.